The summed E-state index contributed by atoms with van der Waals surface area (Å²) < 4.78 is 7.31. The van der Waals surface area contributed by atoms with Crippen molar-refractivity contribution in [3.05, 3.63) is 72.2 Å². The highest BCUT2D eigenvalue weighted by atomic mass is 127. The highest BCUT2D eigenvalue weighted by Gasteiger charge is 2.01. The quantitative estimate of drug-likeness (QED) is 0.256. The molecule has 0 aliphatic carbocycles. The molecule has 0 fully saturated rings. The highest BCUT2D eigenvalue weighted by Crippen LogP contribution is 2.10. The fourth-order valence-corrected chi connectivity index (χ4v) is 2.85. The molecule has 0 atom stereocenters. The van der Waals surface area contributed by atoms with Crippen LogP contribution in [0.4, 0.5) is 0 Å². The summed E-state index contributed by atoms with van der Waals surface area (Å²) in [6, 6.07) is 14.2. The normalized spacial score (nSPS) is 10.9. The molecule has 7 nitrogen and oxygen atoms in total. The summed E-state index contributed by atoms with van der Waals surface area (Å²) in [7, 11) is 0. The van der Waals surface area contributed by atoms with E-state index in [0.29, 0.717) is 19.0 Å². The van der Waals surface area contributed by atoms with Crippen molar-refractivity contribution in [3.8, 4) is 11.6 Å². The number of halogens is 1. The number of aromatic nitrogens is 3. The van der Waals surface area contributed by atoms with Gasteiger partial charge in [-0.25, -0.2) is 14.7 Å². The number of hydrogen-bond donors (Lipinski definition) is 2. The van der Waals surface area contributed by atoms with Gasteiger partial charge in [0.2, 0.25) is 5.88 Å². The third kappa shape index (κ3) is 7.33. The van der Waals surface area contributed by atoms with Crippen LogP contribution < -0.4 is 15.4 Å². The molecule has 0 spiro atoms. The lowest BCUT2D eigenvalue weighted by atomic mass is 10.1. The van der Waals surface area contributed by atoms with Crippen molar-refractivity contribution >= 4 is 29.9 Å². The summed E-state index contributed by atoms with van der Waals surface area (Å²) in [4.78, 5) is 8.85. The van der Waals surface area contributed by atoms with Crippen molar-refractivity contribution in [2.45, 2.75) is 26.8 Å². The molecule has 160 valence electrons. The smallest absolute Gasteiger partial charge is 0.213 e. The van der Waals surface area contributed by atoms with E-state index >= 15 is 0 Å². The maximum atomic E-state index is 5.45. The second-order valence-corrected chi connectivity index (χ2v) is 6.42. The minimum absolute atomic E-state index is 0. The SMILES string of the molecule is CCNC(=NCc1ccnc(OCC)c1)NCCc1ccc(-n2cccn2)cc1.I. The minimum atomic E-state index is 0. The maximum absolute atomic E-state index is 5.45. The summed E-state index contributed by atoms with van der Waals surface area (Å²) in [6.07, 6.45) is 6.38. The molecule has 2 aromatic heterocycles. The Kier molecular flexibility index (Phi) is 10.1. The third-order valence-corrected chi connectivity index (χ3v) is 4.27. The topological polar surface area (TPSA) is 76.4 Å². The molecule has 3 rings (SSSR count). The molecular weight excluding hydrogens is 491 g/mol. The van der Waals surface area contributed by atoms with E-state index in [0.717, 1.165) is 36.7 Å². The van der Waals surface area contributed by atoms with Gasteiger partial charge in [-0.2, -0.15) is 5.10 Å². The number of guanidine groups is 1. The minimum Gasteiger partial charge on any atom is -0.478 e. The Morgan fingerprint density at radius 2 is 1.90 bits per heavy atom. The van der Waals surface area contributed by atoms with E-state index in [-0.39, 0.29) is 24.0 Å². The summed E-state index contributed by atoms with van der Waals surface area (Å²) in [5.41, 5.74) is 3.39. The molecule has 0 bridgehead atoms. The van der Waals surface area contributed by atoms with Crippen LogP contribution in [0.15, 0.2) is 66.0 Å². The molecular formula is C22H29IN6O. The van der Waals surface area contributed by atoms with Crippen LogP contribution in [0, 0.1) is 0 Å². The standard InChI is InChI=1S/C22H28N6O.HI/c1-3-23-22(26-17-19-11-13-24-21(16-19)29-4-2)25-14-10-18-6-8-20(9-7-18)28-15-5-12-27-28;/h5-9,11-13,15-16H,3-4,10,14,17H2,1-2H3,(H2,23,25,26);1H. The maximum Gasteiger partial charge on any atom is 0.213 e. The van der Waals surface area contributed by atoms with Crippen LogP contribution in [0.3, 0.4) is 0 Å². The fourth-order valence-electron chi connectivity index (χ4n) is 2.85. The Bertz CT molecular complexity index is 896. The second kappa shape index (κ2) is 12.8. The number of nitrogens with one attached hydrogen (secondary N) is 2. The zero-order valence-electron chi connectivity index (χ0n) is 17.4. The van der Waals surface area contributed by atoms with Gasteiger partial charge in [0.15, 0.2) is 5.96 Å². The predicted octanol–water partition coefficient (Wildman–Crippen LogP) is 3.58. The number of pyridine rings is 1. The largest absolute Gasteiger partial charge is 0.478 e. The van der Waals surface area contributed by atoms with E-state index in [1.54, 1.807) is 12.4 Å². The van der Waals surface area contributed by atoms with E-state index in [2.05, 4.69) is 56.9 Å². The molecule has 2 N–H and O–H groups in total. The van der Waals surface area contributed by atoms with Gasteiger partial charge in [-0.15, -0.1) is 24.0 Å². The average molecular weight is 520 g/mol. The first-order chi connectivity index (χ1) is 14.3. The van der Waals surface area contributed by atoms with Crippen molar-refractivity contribution in [2.75, 3.05) is 19.7 Å². The zero-order valence-corrected chi connectivity index (χ0v) is 19.7. The van der Waals surface area contributed by atoms with Crippen LogP contribution in [-0.4, -0.2) is 40.4 Å². The van der Waals surface area contributed by atoms with Crippen LogP contribution in [0.1, 0.15) is 25.0 Å². The Labute approximate surface area is 195 Å². The number of benzene rings is 1. The summed E-state index contributed by atoms with van der Waals surface area (Å²) in [5, 5.41) is 10.9. The first-order valence-electron chi connectivity index (χ1n) is 9.97. The first-order valence-corrected chi connectivity index (χ1v) is 9.97. The van der Waals surface area contributed by atoms with Gasteiger partial charge in [-0.1, -0.05) is 12.1 Å². The van der Waals surface area contributed by atoms with Gasteiger partial charge in [-0.05, 0) is 55.7 Å². The molecule has 30 heavy (non-hydrogen) atoms. The molecule has 2 heterocycles. The van der Waals surface area contributed by atoms with Gasteiger partial charge >= 0.3 is 0 Å². The van der Waals surface area contributed by atoms with Crippen LogP contribution >= 0.6 is 24.0 Å². The molecule has 0 unspecified atom stereocenters. The van der Waals surface area contributed by atoms with Crippen LogP contribution in [0.5, 0.6) is 5.88 Å². The van der Waals surface area contributed by atoms with E-state index < -0.39 is 0 Å². The predicted molar refractivity (Wildman–Crippen MR) is 131 cm³/mol. The second-order valence-electron chi connectivity index (χ2n) is 6.42. The summed E-state index contributed by atoms with van der Waals surface area (Å²) in [5.74, 6) is 1.44. The van der Waals surface area contributed by atoms with E-state index in [1.807, 2.05) is 36.0 Å². The fraction of sp³-hybridized carbons (Fsp3) is 0.318. The number of aliphatic imine (C=N–C) groups is 1. The Morgan fingerprint density at radius 1 is 1.07 bits per heavy atom. The highest BCUT2D eigenvalue weighted by molar-refractivity contribution is 14.0. The lowest BCUT2D eigenvalue weighted by molar-refractivity contribution is 0.326. The molecule has 0 aliphatic heterocycles. The zero-order chi connectivity index (χ0) is 20.3. The molecule has 3 aromatic rings. The Hall–Kier alpha value is -2.62. The lowest BCUT2D eigenvalue weighted by Gasteiger charge is -2.12. The number of nitrogens with zero attached hydrogens (tertiary/aromatic N) is 4. The van der Waals surface area contributed by atoms with Gasteiger partial charge in [0, 0.05) is 37.7 Å². The van der Waals surface area contributed by atoms with Gasteiger partial charge in [0.25, 0.3) is 0 Å². The number of ether oxygens (including phenoxy) is 1. The molecule has 8 heteroatoms. The van der Waals surface area contributed by atoms with Crippen molar-refractivity contribution in [2.24, 2.45) is 4.99 Å². The van der Waals surface area contributed by atoms with Crippen LogP contribution in [0.2, 0.25) is 0 Å². The summed E-state index contributed by atoms with van der Waals surface area (Å²) >= 11 is 0. The monoisotopic (exact) mass is 520 g/mol. The van der Waals surface area contributed by atoms with Gasteiger partial charge < -0.3 is 15.4 Å². The summed E-state index contributed by atoms with van der Waals surface area (Å²) in [6.45, 7) is 6.79. The average Bonchev–Trinajstić information content (AvgIpc) is 3.28. The van der Waals surface area contributed by atoms with Gasteiger partial charge in [0.1, 0.15) is 0 Å². The van der Waals surface area contributed by atoms with Crippen molar-refractivity contribution in [1.29, 1.82) is 0 Å². The van der Waals surface area contributed by atoms with Crippen LogP contribution in [-0.2, 0) is 13.0 Å². The molecule has 1 aromatic carbocycles. The first kappa shape index (κ1) is 23.7. The van der Waals surface area contributed by atoms with Gasteiger partial charge in [-0.3, -0.25) is 0 Å². The Balaban J connectivity index is 0.00000320. The van der Waals surface area contributed by atoms with Crippen molar-refractivity contribution in [1.82, 2.24) is 25.4 Å². The third-order valence-electron chi connectivity index (χ3n) is 4.27. The van der Waals surface area contributed by atoms with E-state index in [4.69, 9.17) is 4.74 Å². The van der Waals surface area contributed by atoms with Crippen LogP contribution in [0.25, 0.3) is 5.69 Å². The van der Waals surface area contributed by atoms with E-state index in [1.165, 1.54) is 5.56 Å². The molecule has 0 saturated carbocycles. The molecule has 0 radical (unpaired) electrons. The molecule has 0 amide bonds. The van der Waals surface area contributed by atoms with Crippen molar-refractivity contribution < 1.29 is 4.74 Å². The number of rotatable bonds is 9. The molecule has 0 saturated heterocycles. The van der Waals surface area contributed by atoms with Gasteiger partial charge in [0.05, 0.1) is 18.8 Å². The Morgan fingerprint density at radius 3 is 2.60 bits per heavy atom. The van der Waals surface area contributed by atoms with Crippen molar-refractivity contribution in [3.63, 3.8) is 0 Å². The molecule has 0 aliphatic rings. The van der Waals surface area contributed by atoms with E-state index in [9.17, 15) is 0 Å². The number of hydrogen-bond acceptors (Lipinski definition) is 4. The lowest BCUT2D eigenvalue weighted by Crippen LogP contribution is -2.38.